The van der Waals surface area contributed by atoms with E-state index in [2.05, 4.69) is 24.3 Å². The first-order valence-electron chi connectivity index (χ1n) is 10.9. The zero-order valence-corrected chi connectivity index (χ0v) is 19.4. The molecule has 0 aliphatic heterocycles. The second-order valence-electron chi connectivity index (χ2n) is 8.10. The standard InChI is InChI=1S/C27H22F3NO3S/c28-27(29,30)35(33,34)31-25(32)18-15-19-13-16-22(17-14-19)26-23-11-5-4-9-21(23)10-6-12-24(26)20-7-2-1-3-8-20/h1-5,7-9,11,13-18H,6,10,12H2,(H,31,32). The van der Waals surface area contributed by atoms with Crippen molar-refractivity contribution in [1.82, 2.24) is 4.72 Å². The third kappa shape index (κ3) is 5.54. The van der Waals surface area contributed by atoms with Crippen molar-refractivity contribution >= 4 is 33.2 Å². The molecule has 0 saturated carbocycles. The van der Waals surface area contributed by atoms with Crippen LogP contribution >= 0.6 is 0 Å². The number of hydrogen-bond acceptors (Lipinski definition) is 3. The number of nitrogens with one attached hydrogen (secondary N) is 1. The quantitative estimate of drug-likeness (QED) is 0.443. The third-order valence-electron chi connectivity index (χ3n) is 5.75. The molecular weight excluding hydrogens is 475 g/mol. The molecule has 0 heterocycles. The summed E-state index contributed by atoms with van der Waals surface area (Å²) in [5.41, 5.74) is 1.87. The van der Waals surface area contributed by atoms with E-state index in [0.29, 0.717) is 5.56 Å². The molecule has 0 atom stereocenters. The van der Waals surface area contributed by atoms with Crippen molar-refractivity contribution in [3.8, 4) is 0 Å². The molecule has 0 radical (unpaired) electrons. The van der Waals surface area contributed by atoms with Crippen LogP contribution in [0.1, 0.15) is 40.7 Å². The van der Waals surface area contributed by atoms with Crippen LogP contribution in [0.5, 0.6) is 0 Å². The first kappa shape index (κ1) is 24.5. The highest BCUT2D eigenvalue weighted by molar-refractivity contribution is 7.90. The van der Waals surface area contributed by atoms with Gasteiger partial charge in [0.05, 0.1) is 0 Å². The average Bonchev–Trinajstić information content (AvgIpc) is 3.02. The number of rotatable bonds is 5. The number of halogens is 3. The Balaban J connectivity index is 1.67. The first-order valence-corrected chi connectivity index (χ1v) is 12.4. The molecule has 35 heavy (non-hydrogen) atoms. The van der Waals surface area contributed by atoms with Gasteiger partial charge in [0, 0.05) is 6.08 Å². The lowest BCUT2D eigenvalue weighted by Crippen LogP contribution is -2.39. The minimum absolute atomic E-state index is 0.539. The fourth-order valence-electron chi connectivity index (χ4n) is 4.14. The number of fused-ring (bicyclic) bond motifs is 1. The van der Waals surface area contributed by atoms with Gasteiger partial charge >= 0.3 is 15.5 Å². The van der Waals surface area contributed by atoms with Gasteiger partial charge < -0.3 is 0 Å². The Morgan fingerprint density at radius 2 is 1.49 bits per heavy atom. The minimum Gasteiger partial charge on any atom is -0.269 e. The number of alkyl halides is 3. The Kier molecular flexibility index (Phi) is 6.93. The van der Waals surface area contributed by atoms with E-state index in [9.17, 15) is 26.4 Å². The monoisotopic (exact) mass is 497 g/mol. The van der Waals surface area contributed by atoms with E-state index in [1.54, 1.807) is 12.1 Å². The summed E-state index contributed by atoms with van der Waals surface area (Å²) in [6.45, 7) is 0. The molecule has 8 heteroatoms. The number of carbonyl (C=O) groups excluding carboxylic acids is 1. The molecule has 1 aliphatic rings. The Morgan fingerprint density at radius 1 is 0.829 bits per heavy atom. The normalized spacial score (nSPS) is 14.5. The fourth-order valence-corrected chi connectivity index (χ4v) is 4.59. The molecule has 3 aromatic rings. The molecule has 1 aliphatic carbocycles. The molecular formula is C27H22F3NO3S. The number of carbonyl (C=O) groups is 1. The summed E-state index contributed by atoms with van der Waals surface area (Å²) in [6, 6.07) is 25.7. The van der Waals surface area contributed by atoms with Crippen LogP contribution in [-0.4, -0.2) is 19.8 Å². The van der Waals surface area contributed by atoms with Crippen molar-refractivity contribution in [2.24, 2.45) is 0 Å². The molecule has 0 unspecified atom stereocenters. The maximum absolute atomic E-state index is 12.4. The van der Waals surface area contributed by atoms with E-state index in [1.165, 1.54) is 17.2 Å². The van der Waals surface area contributed by atoms with Crippen LogP contribution in [-0.2, 0) is 21.2 Å². The van der Waals surface area contributed by atoms with Crippen molar-refractivity contribution in [2.45, 2.75) is 24.8 Å². The highest BCUT2D eigenvalue weighted by atomic mass is 32.2. The predicted octanol–water partition coefficient (Wildman–Crippen LogP) is 5.96. The van der Waals surface area contributed by atoms with Gasteiger partial charge in [-0.15, -0.1) is 0 Å². The van der Waals surface area contributed by atoms with Gasteiger partial charge in [-0.2, -0.15) is 21.6 Å². The van der Waals surface area contributed by atoms with Gasteiger partial charge in [0.25, 0.3) is 5.91 Å². The van der Waals surface area contributed by atoms with Crippen molar-refractivity contribution in [3.63, 3.8) is 0 Å². The lowest BCUT2D eigenvalue weighted by Gasteiger charge is -2.16. The minimum atomic E-state index is -5.74. The molecule has 0 saturated heterocycles. The van der Waals surface area contributed by atoms with Crippen LogP contribution < -0.4 is 4.72 Å². The number of aryl methyl sites for hydroxylation is 1. The van der Waals surface area contributed by atoms with Crippen LogP contribution in [0.4, 0.5) is 13.2 Å². The van der Waals surface area contributed by atoms with Gasteiger partial charge in [-0.25, -0.2) is 4.72 Å². The molecule has 0 fully saturated rings. The van der Waals surface area contributed by atoms with Crippen molar-refractivity contribution in [1.29, 1.82) is 0 Å². The van der Waals surface area contributed by atoms with Gasteiger partial charge in [-0.1, -0.05) is 78.9 Å². The Morgan fingerprint density at radius 3 is 2.17 bits per heavy atom. The van der Waals surface area contributed by atoms with Crippen molar-refractivity contribution in [3.05, 3.63) is 113 Å². The third-order valence-corrected chi connectivity index (χ3v) is 6.83. The van der Waals surface area contributed by atoms with Crippen LogP contribution in [0.2, 0.25) is 0 Å². The number of allylic oxidation sites excluding steroid dienone is 1. The maximum atomic E-state index is 12.4. The van der Waals surface area contributed by atoms with Crippen molar-refractivity contribution in [2.75, 3.05) is 0 Å². The Labute approximate surface area is 201 Å². The fraction of sp³-hybridized carbons (Fsp3) is 0.148. The highest BCUT2D eigenvalue weighted by Gasteiger charge is 2.46. The molecule has 4 nitrogen and oxygen atoms in total. The van der Waals surface area contributed by atoms with E-state index < -0.39 is 21.4 Å². The zero-order chi connectivity index (χ0) is 25.1. The molecule has 0 spiro atoms. The summed E-state index contributed by atoms with van der Waals surface area (Å²) >= 11 is 0. The Bertz CT molecular complexity index is 1390. The summed E-state index contributed by atoms with van der Waals surface area (Å²) < 4.78 is 60.4. The molecule has 1 N–H and O–H groups in total. The second kappa shape index (κ2) is 9.92. The topological polar surface area (TPSA) is 63.2 Å². The SMILES string of the molecule is O=C(C=Cc1ccc(C2=C(c3ccccc3)CCCc3ccccc32)cc1)NS(=O)(=O)C(F)(F)F. The van der Waals surface area contributed by atoms with Gasteiger partial charge in [0.15, 0.2) is 0 Å². The molecule has 180 valence electrons. The summed E-state index contributed by atoms with van der Waals surface area (Å²) in [7, 11) is -5.74. The van der Waals surface area contributed by atoms with Crippen LogP contribution in [0.15, 0.2) is 84.9 Å². The molecule has 0 aromatic heterocycles. The smallest absolute Gasteiger partial charge is 0.269 e. The van der Waals surface area contributed by atoms with Crippen LogP contribution in [0.25, 0.3) is 17.2 Å². The summed E-state index contributed by atoms with van der Waals surface area (Å²) in [6.07, 6.45) is 4.91. The van der Waals surface area contributed by atoms with Crippen LogP contribution in [0, 0.1) is 0 Å². The highest BCUT2D eigenvalue weighted by Crippen LogP contribution is 2.39. The van der Waals surface area contributed by atoms with E-state index in [4.69, 9.17) is 0 Å². The van der Waals surface area contributed by atoms with Crippen molar-refractivity contribution < 1.29 is 26.4 Å². The van der Waals surface area contributed by atoms with Gasteiger partial charge in [-0.3, -0.25) is 4.79 Å². The largest absolute Gasteiger partial charge is 0.516 e. The molecule has 4 rings (SSSR count). The first-order chi connectivity index (χ1) is 16.7. The van der Waals surface area contributed by atoms with Gasteiger partial charge in [0.2, 0.25) is 0 Å². The molecule has 1 amide bonds. The number of amides is 1. The lowest BCUT2D eigenvalue weighted by molar-refractivity contribution is -0.115. The predicted molar refractivity (Wildman–Crippen MR) is 130 cm³/mol. The van der Waals surface area contributed by atoms with E-state index >= 15 is 0 Å². The molecule has 0 bridgehead atoms. The average molecular weight is 498 g/mol. The lowest BCUT2D eigenvalue weighted by atomic mass is 9.87. The van der Waals surface area contributed by atoms with E-state index in [-0.39, 0.29) is 0 Å². The summed E-state index contributed by atoms with van der Waals surface area (Å²) in [5.74, 6) is -1.38. The summed E-state index contributed by atoms with van der Waals surface area (Å²) in [4.78, 5) is 11.7. The van der Waals surface area contributed by atoms with E-state index in [1.807, 2.05) is 42.5 Å². The number of sulfonamides is 1. The zero-order valence-electron chi connectivity index (χ0n) is 18.5. The van der Waals surface area contributed by atoms with Crippen LogP contribution in [0.3, 0.4) is 0 Å². The maximum Gasteiger partial charge on any atom is 0.516 e. The number of hydrogen-bond donors (Lipinski definition) is 1. The molecule has 3 aromatic carbocycles. The second-order valence-corrected chi connectivity index (χ2v) is 9.78. The van der Waals surface area contributed by atoms with Gasteiger partial charge in [-0.05, 0) is 64.3 Å². The van der Waals surface area contributed by atoms with Gasteiger partial charge in [0.1, 0.15) is 0 Å². The Hall–Kier alpha value is -3.65. The number of benzene rings is 3. The van der Waals surface area contributed by atoms with E-state index in [0.717, 1.165) is 52.3 Å². The summed E-state index contributed by atoms with van der Waals surface area (Å²) in [5, 5.41) is 0.